The lowest BCUT2D eigenvalue weighted by molar-refractivity contribution is 0.242. The van der Waals surface area contributed by atoms with Crippen molar-refractivity contribution in [2.24, 2.45) is 7.05 Å². The van der Waals surface area contributed by atoms with Crippen LogP contribution in [0.5, 0.6) is 0 Å². The van der Waals surface area contributed by atoms with Crippen LogP contribution >= 0.6 is 0 Å². The molecule has 1 unspecified atom stereocenters. The molecular weight excluding hydrogens is 224 g/mol. The number of nitrogens with one attached hydrogen (secondary N) is 1. The van der Waals surface area contributed by atoms with Gasteiger partial charge in [-0.25, -0.2) is 4.98 Å². The van der Waals surface area contributed by atoms with Gasteiger partial charge in [-0.05, 0) is 26.8 Å². The van der Waals surface area contributed by atoms with Crippen LogP contribution in [0.15, 0.2) is 12.4 Å². The topological polar surface area (TPSA) is 33.1 Å². The van der Waals surface area contributed by atoms with Gasteiger partial charge in [0, 0.05) is 38.6 Å². The van der Waals surface area contributed by atoms with Gasteiger partial charge >= 0.3 is 0 Å². The first-order chi connectivity index (χ1) is 8.68. The van der Waals surface area contributed by atoms with Gasteiger partial charge in [0.1, 0.15) is 5.82 Å². The fourth-order valence-corrected chi connectivity index (χ4v) is 2.87. The minimum Gasteiger partial charge on any atom is -0.337 e. The van der Waals surface area contributed by atoms with Gasteiger partial charge in [0.2, 0.25) is 0 Å². The molecule has 1 aromatic rings. The molecule has 1 fully saturated rings. The number of aromatic nitrogens is 2. The van der Waals surface area contributed by atoms with Crippen LogP contribution in [-0.2, 0) is 7.05 Å². The van der Waals surface area contributed by atoms with Crippen LogP contribution in [0.3, 0.4) is 0 Å². The van der Waals surface area contributed by atoms with Gasteiger partial charge in [0.15, 0.2) is 0 Å². The van der Waals surface area contributed by atoms with E-state index in [9.17, 15) is 0 Å². The van der Waals surface area contributed by atoms with Crippen molar-refractivity contribution < 1.29 is 0 Å². The van der Waals surface area contributed by atoms with Gasteiger partial charge in [-0.3, -0.25) is 0 Å². The molecule has 0 aromatic carbocycles. The monoisotopic (exact) mass is 250 g/mol. The number of likely N-dealkylation sites (N-methyl/N-ethyl adjacent to an activating group) is 1. The molecule has 4 heteroatoms. The second kappa shape index (κ2) is 6.34. The van der Waals surface area contributed by atoms with Crippen LogP contribution in [0.2, 0.25) is 0 Å². The van der Waals surface area contributed by atoms with Crippen LogP contribution in [0.4, 0.5) is 0 Å². The maximum Gasteiger partial charge on any atom is 0.125 e. The van der Waals surface area contributed by atoms with Gasteiger partial charge in [0.05, 0.1) is 6.04 Å². The summed E-state index contributed by atoms with van der Waals surface area (Å²) in [5.74, 6) is 1.11. The molecule has 1 aromatic heterocycles. The number of rotatable bonds is 6. The zero-order valence-electron chi connectivity index (χ0n) is 11.9. The summed E-state index contributed by atoms with van der Waals surface area (Å²) < 4.78 is 2.08. The predicted octanol–water partition coefficient (Wildman–Crippen LogP) is 1.95. The molecule has 4 nitrogen and oxygen atoms in total. The SMILES string of the molecule is CC(NCCN(C)C1CCCC1)c1nccn1C. The Morgan fingerprint density at radius 3 is 2.83 bits per heavy atom. The zero-order chi connectivity index (χ0) is 13.0. The van der Waals surface area contributed by atoms with E-state index in [0.29, 0.717) is 6.04 Å². The predicted molar refractivity (Wildman–Crippen MR) is 74.5 cm³/mol. The van der Waals surface area contributed by atoms with E-state index < -0.39 is 0 Å². The van der Waals surface area contributed by atoms with Crippen LogP contribution < -0.4 is 5.32 Å². The van der Waals surface area contributed by atoms with Gasteiger partial charge in [0.25, 0.3) is 0 Å². The second-order valence-electron chi connectivity index (χ2n) is 5.49. The summed E-state index contributed by atoms with van der Waals surface area (Å²) in [5, 5.41) is 3.56. The van der Waals surface area contributed by atoms with Crippen molar-refractivity contribution in [2.45, 2.75) is 44.7 Å². The Labute approximate surface area is 110 Å². The van der Waals surface area contributed by atoms with Crippen LogP contribution in [0.1, 0.15) is 44.5 Å². The molecule has 0 radical (unpaired) electrons. The van der Waals surface area contributed by atoms with Crippen molar-refractivity contribution in [1.29, 1.82) is 0 Å². The molecule has 0 amide bonds. The maximum atomic E-state index is 4.38. The molecular formula is C14H26N4. The maximum absolute atomic E-state index is 4.38. The van der Waals surface area contributed by atoms with Gasteiger partial charge < -0.3 is 14.8 Å². The lowest BCUT2D eigenvalue weighted by Crippen LogP contribution is -2.36. The van der Waals surface area contributed by atoms with Gasteiger partial charge in [-0.2, -0.15) is 0 Å². The quantitative estimate of drug-likeness (QED) is 0.837. The lowest BCUT2D eigenvalue weighted by atomic mass is 10.2. The Bertz CT molecular complexity index is 354. The molecule has 0 saturated heterocycles. The highest BCUT2D eigenvalue weighted by molar-refractivity contribution is 4.96. The Hall–Kier alpha value is -0.870. The van der Waals surface area contributed by atoms with Crippen molar-refractivity contribution in [3.63, 3.8) is 0 Å². The summed E-state index contributed by atoms with van der Waals surface area (Å²) in [6.07, 6.45) is 9.44. The summed E-state index contributed by atoms with van der Waals surface area (Å²) in [7, 11) is 4.30. The largest absolute Gasteiger partial charge is 0.337 e. The fraction of sp³-hybridized carbons (Fsp3) is 0.786. The van der Waals surface area contributed by atoms with E-state index in [4.69, 9.17) is 0 Å². The van der Waals surface area contributed by atoms with E-state index in [-0.39, 0.29) is 0 Å². The summed E-state index contributed by atoms with van der Waals surface area (Å²) in [4.78, 5) is 6.88. The molecule has 2 rings (SSSR count). The molecule has 18 heavy (non-hydrogen) atoms. The average Bonchev–Trinajstić information content (AvgIpc) is 2.99. The van der Waals surface area contributed by atoms with E-state index in [2.05, 4.69) is 33.7 Å². The second-order valence-corrected chi connectivity index (χ2v) is 5.49. The van der Waals surface area contributed by atoms with Gasteiger partial charge in [-0.15, -0.1) is 0 Å². The third kappa shape index (κ3) is 3.33. The highest BCUT2D eigenvalue weighted by Gasteiger charge is 2.19. The first kappa shape index (κ1) is 13.6. The highest BCUT2D eigenvalue weighted by Crippen LogP contribution is 2.21. The summed E-state index contributed by atoms with van der Waals surface area (Å²) >= 11 is 0. The van der Waals surface area contributed by atoms with E-state index in [0.717, 1.165) is 25.0 Å². The molecule has 102 valence electrons. The van der Waals surface area contributed by atoms with Crippen molar-refractivity contribution in [2.75, 3.05) is 20.1 Å². The third-order valence-electron chi connectivity index (χ3n) is 4.11. The van der Waals surface area contributed by atoms with Crippen molar-refractivity contribution in [1.82, 2.24) is 19.8 Å². The molecule has 1 saturated carbocycles. The summed E-state index contributed by atoms with van der Waals surface area (Å²) in [5.41, 5.74) is 0. The molecule has 1 atom stereocenters. The van der Waals surface area contributed by atoms with Crippen molar-refractivity contribution in [3.05, 3.63) is 18.2 Å². The van der Waals surface area contributed by atoms with E-state index in [1.54, 1.807) is 0 Å². The smallest absolute Gasteiger partial charge is 0.125 e. The highest BCUT2D eigenvalue weighted by atomic mass is 15.2. The molecule has 0 spiro atoms. The van der Waals surface area contributed by atoms with E-state index in [1.807, 2.05) is 19.4 Å². The fourth-order valence-electron chi connectivity index (χ4n) is 2.87. The number of hydrogen-bond acceptors (Lipinski definition) is 3. The molecule has 0 bridgehead atoms. The molecule has 1 heterocycles. The molecule has 1 aliphatic rings. The molecule has 1 N–H and O–H groups in total. The first-order valence-corrected chi connectivity index (χ1v) is 7.09. The minimum atomic E-state index is 0.321. The average molecular weight is 250 g/mol. The standard InChI is InChI=1S/C14H26N4/c1-12(14-16-9-11-18(14)3)15-8-10-17(2)13-6-4-5-7-13/h9,11-13,15H,4-8,10H2,1-3H3. The van der Waals surface area contributed by atoms with Gasteiger partial charge in [-0.1, -0.05) is 12.8 Å². The molecule has 0 aliphatic heterocycles. The Morgan fingerprint density at radius 1 is 1.50 bits per heavy atom. The number of imidazole rings is 1. The zero-order valence-corrected chi connectivity index (χ0v) is 11.9. The summed E-state index contributed by atoms with van der Waals surface area (Å²) in [6, 6.07) is 1.14. The lowest BCUT2D eigenvalue weighted by Gasteiger charge is -2.25. The summed E-state index contributed by atoms with van der Waals surface area (Å²) in [6.45, 7) is 4.33. The first-order valence-electron chi connectivity index (χ1n) is 7.09. The van der Waals surface area contributed by atoms with Crippen LogP contribution in [0.25, 0.3) is 0 Å². The Morgan fingerprint density at radius 2 is 2.22 bits per heavy atom. The normalized spacial score (nSPS) is 18.7. The number of aryl methyl sites for hydroxylation is 1. The van der Waals surface area contributed by atoms with Crippen LogP contribution in [0, 0.1) is 0 Å². The Kier molecular flexibility index (Phi) is 4.78. The number of nitrogens with zero attached hydrogens (tertiary/aromatic N) is 3. The van der Waals surface area contributed by atoms with E-state index >= 15 is 0 Å². The van der Waals surface area contributed by atoms with Crippen molar-refractivity contribution in [3.8, 4) is 0 Å². The third-order valence-corrected chi connectivity index (χ3v) is 4.11. The van der Waals surface area contributed by atoms with Crippen LogP contribution in [-0.4, -0.2) is 40.6 Å². The number of hydrogen-bond donors (Lipinski definition) is 1. The van der Waals surface area contributed by atoms with Crippen molar-refractivity contribution >= 4 is 0 Å². The van der Waals surface area contributed by atoms with E-state index in [1.165, 1.54) is 25.7 Å². The minimum absolute atomic E-state index is 0.321. The Balaban J connectivity index is 1.70. The molecule has 1 aliphatic carbocycles.